The predicted octanol–water partition coefficient (Wildman–Crippen LogP) is -0.177. The maximum atomic E-state index is 12.1. The second-order valence-electron chi connectivity index (χ2n) is 3.95. The van der Waals surface area contributed by atoms with Gasteiger partial charge < -0.3 is 20.0 Å². The number of carboxylic acids is 1. The molecule has 1 aliphatic heterocycles. The van der Waals surface area contributed by atoms with Crippen LogP contribution in [0.4, 0.5) is 13.6 Å². The number of likely N-dealkylation sites (tertiary alicyclic amines) is 1. The number of β-amino-alcohol motifs (C(OH)–C–C–N with tert-alkyl or cyclic N) is 1. The van der Waals surface area contributed by atoms with Crippen molar-refractivity contribution in [1.29, 1.82) is 0 Å². The summed E-state index contributed by atoms with van der Waals surface area (Å²) >= 11 is 0. The number of aliphatic hydroxyl groups is 1. The molecule has 1 rings (SSSR count). The molecule has 17 heavy (non-hydrogen) atoms. The maximum absolute atomic E-state index is 12.1. The Kier molecular flexibility index (Phi) is 4.22. The average Bonchev–Trinajstić information content (AvgIpc) is 2.58. The normalized spacial score (nSPS) is 24.2. The Bertz CT molecular complexity index is 313. The highest BCUT2D eigenvalue weighted by molar-refractivity contribution is 5.83. The molecular formula is C9H14F2N2O4. The number of hydrogen-bond acceptors (Lipinski definition) is 3. The van der Waals surface area contributed by atoms with Gasteiger partial charge in [-0.3, -0.25) is 0 Å². The van der Waals surface area contributed by atoms with E-state index in [9.17, 15) is 23.5 Å². The topological polar surface area (TPSA) is 81.1 Å². The molecule has 1 heterocycles. The van der Waals surface area contributed by atoms with Gasteiger partial charge in [0.15, 0.2) is 0 Å². The fourth-order valence-electron chi connectivity index (χ4n) is 1.76. The lowest BCUT2D eigenvalue weighted by molar-refractivity contribution is -0.141. The van der Waals surface area contributed by atoms with Gasteiger partial charge in [-0.2, -0.15) is 0 Å². The maximum Gasteiger partial charge on any atom is 0.326 e. The van der Waals surface area contributed by atoms with Gasteiger partial charge in [-0.25, -0.2) is 18.4 Å². The second kappa shape index (κ2) is 5.26. The van der Waals surface area contributed by atoms with Gasteiger partial charge in [0.2, 0.25) is 0 Å². The van der Waals surface area contributed by atoms with E-state index in [0.29, 0.717) is 0 Å². The molecule has 6 nitrogen and oxygen atoms in total. The van der Waals surface area contributed by atoms with Gasteiger partial charge >= 0.3 is 12.0 Å². The SMILES string of the molecule is CN(CC(F)F)C(=O)N1C[C@H](O)C[C@@H]1C(=O)O. The van der Waals surface area contributed by atoms with E-state index in [1.165, 1.54) is 0 Å². The Labute approximate surface area is 96.4 Å². The van der Waals surface area contributed by atoms with E-state index in [-0.39, 0.29) is 13.0 Å². The van der Waals surface area contributed by atoms with Crippen LogP contribution >= 0.6 is 0 Å². The highest BCUT2D eigenvalue weighted by atomic mass is 19.3. The monoisotopic (exact) mass is 252 g/mol. The summed E-state index contributed by atoms with van der Waals surface area (Å²) in [5.41, 5.74) is 0. The lowest BCUT2D eigenvalue weighted by Crippen LogP contribution is -2.47. The molecule has 0 aromatic rings. The number of carbonyl (C=O) groups excluding carboxylic acids is 1. The van der Waals surface area contributed by atoms with Gasteiger partial charge in [-0.05, 0) is 0 Å². The van der Waals surface area contributed by atoms with Gasteiger partial charge in [0.25, 0.3) is 6.43 Å². The number of halogens is 2. The van der Waals surface area contributed by atoms with E-state index in [1.54, 1.807) is 0 Å². The molecule has 8 heteroatoms. The third-order valence-electron chi connectivity index (χ3n) is 2.55. The first-order chi connectivity index (χ1) is 7.82. The summed E-state index contributed by atoms with van der Waals surface area (Å²) in [5, 5.41) is 18.1. The van der Waals surface area contributed by atoms with E-state index in [4.69, 9.17) is 5.11 Å². The minimum absolute atomic E-state index is 0.0798. The first-order valence-electron chi connectivity index (χ1n) is 5.03. The van der Waals surface area contributed by atoms with Gasteiger partial charge in [0.1, 0.15) is 6.04 Å². The summed E-state index contributed by atoms with van der Waals surface area (Å²) in [7, 11) is 1.16. The molecule has 2 atom stereocenters. The van der Waals surface area contributed by atoms with Gasteiger partial charge in [0.05, 0.1) is 12.6 Å². The lowest BCUT2D eigenvalue weighted by Gasteiger charge is -2.27. The van der Waals surface area contributed by atoms with Crippen molar-refractivity contribution < 1.29 is 28.6 Å². The van der Waals surface area contributed by atoms with Gasteiger partial charge in [-0.15, -0.1) is 0 Å². The van der Waals surface area contributed by atoms with Crippen molar-refractivity contribution in [2.24, 2.45) is 0 Å². The van der Waals surface area contributed by atoms with Crippen molar-refractivity contribution >= 4 is 12.0 Å². The van der Waals surface area contributed by atoms with E-state index in [0.717, 1.165) is 16.8 Å². The highest BCUT2D eigenvalue weighted by Crippen LogP contribution is 2.19. The molecule has 0 aliphatic carbocycles. The molecule has 0 saturated carbocycles. The molecule has 1 fully saturated rings. The Morgan fingerprint density at radius 1 is 1.53 bits per heavy atom. The van der Waals surface area contributed by atoms with Crippen LogP contribution in [0.5, 0.6) is 0 Å². The van der Waals surface area contributed by atoms with Crippen LogP contribution in [-0.4, -0.2) is 70.7 Å². The number of amides is 2. The minimum Gasteiger partial charge on any atom is -0.480 e. The standard InChI is InChI=1S/C9H14F2N2O4/c1-12(4-7(10)11)9(17)13-3-5(14)2-6(13)8(15)16/h5-7,14H,2-4H2,1H3,(H,15,16)/t5-,6-/m1/s1. The Morgan fingerprint density at radius 2 is 2.12 bits per heavy atom. The summed E-state index contributed by atoms with van der Waals surface area (Å²) in [4.78, 5) is 24.2. The first kappa shape index (κ1) is 13.6. The number of aliphatic hydroxyl groups excluding tert-OH is 1. The fraction of sp³-hybridized carbons (Fsp3) is 0.778. The molecule has 0 aromatic carbocycles. The van der Waals surface area contributed by atoms with Gasteiger partial charge in [-0.1, -0.05) is 0 Å². The van der Waals surface area contributed by atoms with Crippen LogP contribution in [0.3, 0.4) is 0 Å². The third kappa shape index (κ3) is 3.26. The quantitative estimate of drug-likeness (QED) is 0.730. The number of carboxylic acid groups (broad SMARTS) is 1. The van der Waals surface area contributed by atoms with E-state index < -0.39 is 37.1 Å². The number of hydrogen-bond donors (Lipinski definition) is 2. The molecular weight excluding hydrogens is 238 g/mol. The van der Waals surface area contributed by atoms with E-state index in [2.05, 4.69) is 0 Å². The molecule has 2 N–H and O–H groups in total. The summed E-state index contributed by atoms with van der Waals surface area (Å²) < 4.78 is 24.2. The zero-order chi connectivity index (χ0) is 13.2. The van der Waals surface area contributed by atoms with E-state index >= 15 is 0 Å². The van der Waals surface area contributed by atoms with Crippen LogP contribution < -0.4 is 0 Å². The van der Waals surface area contributed by atoms with Crippen LogP contribution in [0.2, 0.25) is 0 Å². The van der Waals surface area contributed by atoms with Crippen molar-refractivity contribution in [3.63, 3.8) is 0 Å². The Morgan fingerprint density at radius 3 is 2.59 bits per heavy atom. The molecule has 98 valence electrons. The lowest BCUT2D eigenvalue weighted by atomic mass is 10.2. The van der Waals surface area contributed by atoms with Crippen molar-refractivity contribution in [3.8, 4) is 0 Å². The van der Waals surface area contributed by atoms with Crippen LogP contribution in [0.15, 0.2) is 0 Å². The van der Waals surface area contributed by atoms with Crippen LogP contribution in [0, 0.1) is 0 Å². The molecule has 0 spiro atoms. The number of rotatable bonds is 3. The van der Waals surface area contributed by atoms with Crippen molar-refractivity contribution in [2.75, 3.05) is 20.1 Å². The fourth-order valence-corrected chi connectivity index (χ4v) is 1.76. The number of urea groups is 1. The van der Waals surface area contributed by atoms with Crippen LogP contribution in [0.25, 0.3) is 0 Å². The molecule has 0 unspecified atom stereocenters. The Balaban J connectivity index is 2.70. The molecule has 0 radical (unpaired) electrons. The van der Waals surface area contributed by atoms with Gasteiger partial charge in [0, 0.05) is 20.0 Å². The zero-order valence-electron chi connectivity index (χ0n) is 9.21. The zero-order valence-corrected chi connectivity index (χ0v) is 9.21. The predicted molar refractivity (Wildman–Crippen MR) is 52.8 cm³/mol. The molecule has 1 aliphatic rings. The first-order valence-corrected chi connectivity index (χ1v) is 5.03. The number of aliphatic carboxylic acids is 1. The van der Waals surface area contributed by atoms with Crippen molar-refractivity contribution in [2.45, 2.75) is 25.0 Å². The average molecular weight is 252 g/mol. The number of carbonyl (C=O) groups is 2. The summed E-state index contributed by atoms with van der Waals surface area (Å²) in [6, 6.07) is -1.97. The minimum atomic E-state index is -2.68. The summed E-state index contributed by atoms with van der Waals surface area (Å²) in [5.74, 6) is -1.25. The molecule has 0 bridgehead atoms. The molecule has 0 aromatic heterocycles. The largest absolute Gasteiger partial charge is 0.480 e. The summed E-state index contributed by atoms with van der Waals surface area (Å²) in [6.45, 7) is -0.916. The van der Waals surface area contributed by atoms with E-state index in [1.807, 2.05) is 0 Å². The molecule has 1 saturated heterocycles. The number of alkyl halides is 2. The highest BCUT2D eigenvalue weighted by Gasteiger charge is 2.40. The number of nitrogens with zero attached hydrogens (tertiary/aromatic N) is 2. The van der Waals surface area contributed by atoms with Crippen molar-refractivity contribution in [3.05, 3.63) is 0 Å². The van der Waals surface area contributed by atoms with Crippen LogP contribution in [0.1, 0.15) is 6.42 Å². The molecule has 2 amide bonds. The third-order valence-corrected chi connectivity index (χ3v) is 2.55. The van der Waals surface area contributed by atoms with Crippen molar-refractivity contribution in [1.82, 2.24) is 9.80 Å². The van der Waals surface area contributed by atoms with Crippen LogP contribution in [-0.2, 0) is 4.79 Å². The Hall–Kier alpha value is -1.44. The second-order valence-corrected chi connectivity index (χ2v) is 3.95. The smallest absolute Gasteiger partial charge is 0.326 e. The summed E-state index contributed by atoms with van der Waals surface area (Å²) in [6.07, 6.45) is -3.69.